The molecule has 2 aromatic rings. The van der Waals surface area contributed by atoms with Gasteiger partial charge in [0.25, 0.3) is 0 Å². The van der Waals surface area contributed by atoms with Crippen molar-refractivity contribution in [2.75, 3.05) is 5.32 Å². The van der Waals surface area contributed by atoms with Gasteiger partial charge in [-0.15, -0.1) is 0 Å². The number of carbonyl (C=O) groups is 1. The molecular formula is C15H12Cl2N2O. The van der Waals surface area contributed by atoms with Crippen molar-refractivity contribution in [1.29, 1.82) is 0 Å². The van der Waals surface area contributed by atoms with Crippen LogP contribution in [0.4, 0.5) is 5.69 Å². The zero-order valence-corrected chi connectivity index (χ0v) is 12.0. The fourth-order valence-electron chi connectivity index (χ4n) is 2.39. The van der Waals surface area contributed by atoms with Crippen molar-refractivity contribution in [1.82, 2.24) is 0 Å². The summed E-state index contributed by atoms with van der Waals surface area (Å²) in [6.07, 6.45) is 0.395. The summed E-state index contributed by atoms with van der Waals surface area (Å²) >= 11 is 12.0. The fraction of sp³-hybridized carbons (Fsp3) is 0.133. The van der Waals surface area contributed by atoms with Gasteiger partial charge in [-0.25, -0.2) is 0 Å². The van der Waals surface area contributed by atoms with Crippen LogP contribution in [0, 0.1) is 0 Å². The summed E-state index contributed by atoms with van der Waals surface area (Å²) in [5, 5.41) is 3.91. The summed E-state index contributed by atoms with van der Waals surface area (Å²) in [6, 6.07) is 10.7. The fourth-order valence-corrected chi connectivity index (χ4v) is 2.93. The van der Waals surface area contributed by atoms with Crippen LogP contribution in [-0.2, 0) is 11.2 Å². The molecule has 3 nitrogen and oxygen atoms in total. The Morgan fingerprint density at radius 1 is 1.05 bits per heavy atom. The molecule has 0 saturated carbocycles. The van der Waals surface area contributed by atoms with Gasteiger partial charge in [0, 0.05) is 15.7 Å². The summed E-state index contributed by atoms with van der Waals surface area (Å²) < 4.78 is 0. The second kappa shape index (κ2) is 5.09. The Labute approximate surface area is 126 Å². The van der Waals surface area contributed by atoms with Gasteiger partial charge >= 0.3 is 0 Å². The van der Waals surface area contributed by atoms with E-state index in [1.807, 2.05) is 18.2 Å². The minimum Gasteiger partial charge on any atom is -0.326 e. The highest BCUT2D eigenvalue weighted by Gasteiger charge is 2.19. The lowest BCUT2D eigenvalue weighted by Gasteiger charge is -2.14. The Morgan fingerprint density at radius 3 is 2.45 bits per heavy atom. The maximum absolute atomic E-state index is 11.4. The van der Waals surface area contributed by atoms with Crippen LogP contribution >= 0.6 is 23.2 Å². The average Bonchev–Trinajstić information content (AvgIpc) is 2.75. The number of fused-ring (bicyclic) bond motifs is 1. The van der Waals surface area contributed by atoms with Gasteiger partial charge in [-0.3, -0.25) is 4.79 Å². The molecule has 1 heterocycles. The number of amides is 1. The lowest BCUT2D eigenvalue weighted by molar-refractivity contribution is -0.115. The van der Waals surface area contributed by atoms with Gasteiger partial charge in [0.15, 0.2) is 0 Å². The molecule has 0 aliphatic carbocycles. The molecule has 0 spiro atoms. The largest absolute Gasteiger partial charge is 0.326 e. The minimum atomic E-state index is -0.327. The molecule has 0 saturated heterocycles. The molecule has 1 aliphatic rings. The van der Waals surface area contributed by atoms with Crippen LogP contribution in [-0.4, -0.2) is 5.91 Å². The van der Waals surface area contributed by atoms with Gasteiger partial charge in [0.05, 0.1) is 12.5 Å². The number of nitrogens with one attached hydrogen (secondary N) is 1. The molecule has 3 N–H and O–H groups in total. The molecule has 102 valence electrons. The van der Waals surface area contributed by atoms with Crippen molar-refractivity contribution in [2.24, 2.45) is 5.73 Å². The number of rotatable bonds is 2. The van der Waals surface area contributed by atoms with Crippen LogP contribution in [0.25, 0.3) is 0 Å². The zero-order valence-electron chi connectivity index (χ0n) is 10.5. The molecule has 1 aliphatic heterocycles. The van der Waals surface area contributed by atoms with E-state index in [0.717, 1.165) is 22.4 Å². The molecule has 0 fully saturated rings. The minimum absolute atomic E-state index is 0.0107. The van der Waals surface area contributed by atoms with Crippen molar-refractivity contribution < 1.29 is 4.79 Å². The first-order valence-electron chi connectivity index (χ1n) is 6.17. The van der Waals surface area contributed by atoms with Gasteiger partial charge in [0.2, 0.25) is 5.91 Å². The average molecular weight is 307 g/mol. The van der Waals surface area contributed by atoms with Crippen LogP contribution in [0.1, 0.15) is 22.7 Å². The van der Waals surface area contributed by atoms with E-state index in [9.17, 15) is 4.79 Å². The molecule has 5 heteroatoms. The van der Waals surface area contributed by atoms with E-state index in [1.165, 1.54) is 0 Å². The number of hydrogen-bond donors (Lipinski definition) is 2. The van der Waals surface area contributed by atoms with Crippen molar-refractivity contribution in [3.63, 3.8) is 0 Å². The highest BCUT2D eigenvalue weighted by molar-refractivity contribution is 6.34. The summed E-state index contributed by atoms with van der Waals surface area (Å²) in [7, 11) is 0. The number of halogens is 2. The standard InChI is InChI=1S/C15H12Cl2N2O/c16-11-4-10(5-12(17)7-11)15(18)8-1-2-13-9(3-8)6-14(20)19-13/h1-5,7,15H,6,18H2,(H,19,20). The molecule has 1 amide bonds. The Balaban J connectivity index is 1.97. The molecular weight excluding hydrogens is 295 g/mol. The first kappa shape index (κ1) is 13.4. The topological polar surface area (TPSA) is 55.1 Å². The van der Waals surface area contributed by atoms with E-state index in [1.54, 1.807) is 18.2 Å². The van der Waals surface area contributed by atoms with Gasteiger partial charge in [-0.05, 0) is 41.0 Å². The van der Waals surface area contributed by atoms with E-state index in [4.69, 9.17) is 28.9 Å². The highest BCUT2D eigenvalue weighted by atomic mass is 35.5. The molecule has 3 rings (SSSR count). The van der Waals surface area contributed by atoms with Crippen LogP contribution in [0.5, 0.6) is 0 Å². The van der Waals surface area contributed by atoms with Crippen LogP contribution in [0.3, 0.4) is 0 Å². The number of anilines is 1. The SMILES string of the molecule is NC(c1cc(Cl)cc(Cl)c1)c1ccc2c(c1)CC(=O)N2. The van der Waals surface area contributed by atoms with Crippen LogP contribution in [0.2, 0.25) is 10.0 Å². The third-order valence-electron chi connectivity index (χ3n) is 3.36. The Morgan fingerprint density at radius 2 is 1.75 bits per heavy atom. The van der Waals surface area contributed by atoms with Gasteiger partial charge in [-0.1, -0.05) is 35.3 Å². The predicted octanol–water partition coefficient (Wildman–Crippen LogP) is 3.54. The van der Waals surface area contributed by atoms with Crippen LogP contribution < -0.4 is 11.1 Å². The first-order valence-corrected chi connectivity index (χ1v) is 6.93. The zero-order chi connectivity index (χ0) is 14.3. The Kier molecular flexibility index (Phi) is 3.42. The molecule has 1 atom stereocenters. The molecule has 0 radical (unpaired) electrons. The van der Waals surface area contributed by atoms with Gasteiger partial charge < -0.3 is 11.1 Å². The van der Waals surface area contributed by atoms with Gasteiger partial charge in [0.1, 0.15) is 0 Å². The number of hydrogen-bond acceptors (Lipinski definition) is 2. The number of carbonyl (C=O) groups excluding carboxylic acids is 1. The molecule has 1 unspecified atom stereocenters. The summed E-state index contributed by atoms with van der Waals surface area (Å²) in [5.41, 5.74) is 9.86. The molecule has 20 heavy (non-hydrogen) atoms. The van der Waals surface area contributed by atoms with E-state index in [2.05, 4.69) is 5.32 Å². The summed E-state index contributed by atoms with van der Waals surface area (Å²) in [4.78, 5) is 11.4. The van der Waals surface area contributed by atoms with Gasteiger partial charge in [-0.2, -0.15) is 0 Å². The van der Waals surface area contributed by atoms with Crippen molar-refractivity contribution in [3.8, 4) is 0 Å². The lowest BCUT2D eigenvalue weighted by atomic mass is 9.97. The smallest absolute Gasteiger partial charge is 0.228 e. The maximum atomic E-state index is 11.4. The second-order valence-electron chi connectivity index (χ2n) is 4.82. The third-order valence-corrected chi connectivity index (χ3v) is 3.79. The molecule has 2 aromatic carbocycles. The van der Waals surface area contributed by atoms with Crippen molar-refractivity contribution >= 4 is 34.8 Å². The number of benzene rings is 2. The quantitative estimate of drug-likeness (QED) is 0.891. The van der Waals surface area contributed by atoms with E-state index in [-0.39, 0.29) is 11.9 Å². The lowest BCUT2D eigenvalue weighted by Crippen LogP contribution is -2.12. The predicted molar refractivity (Wildman–Crippen MR) is 81.3 cm³/mol. The van der Waals surface area contributed by atoms with Crippen LogP contribution in [0.15, 0.2) is 36.4 Å². The number of nitrogens with two attached hydrogens (primary N) is 1. The van der Waals surface area contributed by atoms with Crippen molar-refractivity contribution in [3.05, 3.63) is 63.1 Å². The monoisotopic (exact) mass is 306 g/mol. The van der Waals surface area contributed by atoms with E-state index >= 15 is 0 Å². The molecule has 0 aromatic heterocycles. The first-order chi connectivity index (χ1) is 9.52. The maximum Gasteiger partial charge on any atom is 0.228 e. The van der Waals surface area contributed by atoms with E-state index < -0.39 is 0 Å². The molecule has 0 bridgehead atoms. The Bertz CT molecular complexity index is 680. The third kappa shape index (κ3) is 2.52. The van der Waals surface area contributed by atoms with Crippen molar-refractivity contribution in [2.45, 2.75) is 12.5 Å². The normalized spacial score (nSPS) is 14.8. The highest BCUT2D eigenvalue weighted by Crippen LogP contribution is 2.30. The second-order valence-corrected chi connectivity index (χ2v) is 5.69. The summed E-state index contributed by atoms with van der Waals surface area (Å²) in [6.45, 7) is 0. The Hall–Kier alpha value is -1.55. The van der Waals surface area contributed by atoms with E-state index in [0.29, 0.717) is 16.5 Å². The summed E-state index contributed by atoms with van der Waals surface area (Å²) in [5.74, 6) is 0.0107.